The average Bonchev–Trinajstić information content (AvgIpc) is 3.07. The number of halogens is 1. The van der Waals surface area contributed by atoms with E-state index in [1.807, 2.05) is 25.1 Å². The zero-order valence-electron chi connectivity index (χ0n) is 18.0. The van der Waals surface area contributed by atoms with Gasteiger partial charge in [-0.05, 0) is 54.8 Å². The molecule has 0 bridgehead atoms. The second kappa shape index (κ2) is 10.4. The van der Waals surface area contributed by atoms with Crippen LogP contribution in [0.3, 0.4) is 0 Å². The van der Waals surface area contributed by atoms with Crippen molar-refractivity contribution in [2.75, 3.05) is 18.6 Å². The summed E-state index contributed by atoms with van der Waals surface area (Å²) in [6.07, 6.45) is 1.37. The Balaban J connectivity index is 1.81. The van der Waals surface area contributed by atoms with Gasteiger partial charge in [0.2, 0.25) is 11.8 Å². The van der Waals surface area contributed by atoms with Gasteiger partial charge in [0.1, 0.15) is 6.04 Å². The highest BCUT2D eigenvalue weighted by atomic mass is 35.5. The van der Waals surface area contributed by atoms with Gasteiger partial charge >= 0.3 is 5.97 Å². The van der Waals surface area contributed by atoms with E-state index in [2.05, 4.69) is 4.74 Å². The molecule has 0 N–H and O–H groups in total. The van der Waals surface area contributed by atoms with E-state index in [0.717, 1.165) is 10.5 Å². The van der Waals surface area contributed by atoms with Gasteiger partial charge in [-0.25, -0.2) is 9.69 Å². The molecule has 8 heteroatoms. The summed E-state index contributed by atoms with van der Waals surface area (Å²) < 4.78 is 4.67. The van der Waals surface area contributed by atoms with Crippen molar-refractivity contribution >= 4 is 41.0 Å². The minimum atomic E-state index is -0.860. The highest BCUT2D eigenvalue weighted by Gasteiger charge is 2.44. The molecule has 3 rings (SSSR count). The van der Waals surface area contributed by atoms with Crippen LogP contribution in [0.1, 0.15) is 42.1 Å². The number of hydrogen-bond acceptors (Lipinski definition) is 5. The normalized spacial score (nSPS) is 15.7. The Labute approximate surface area is 191 Å². The van der Waals surface area contributed by atoms with Gasteiger partial charge in [0.25, 0.3) is 5.91 Å². The lowest BCUT2D eigenvalue weighted by atomic mass is 10.1. The Morgan fingerprint density at radius 3 is 2.50 bits per heavy atom. The fraction of sp³-hybridized carbons (Fsp3) is 0.333. The standard InChI is InChI=1S/C24H25ClN2O5/c1-3-5-21(28)26(13-12-16-6-4-7-18(25)14-16)20-15-22(29)27(23(20)30)19-10-8-17(9-11-19)24(31)32-2/h4,6-11,14,20H,3,5,12-13,15H2,1-2H3. The maximum absolute atomic E-state index is 13.2. The molecule has 3 amide bonds. The van der Waals surface area contributed by atoms with E-state index in [0.29, 0.717) is 42.1 Å². The number of amides is 3. The summed E-state index contributed by atoms with van der Waals surface area (Å²) in [4.78, 5) is 53.0. The molecule has 168 valence electrons. The fourth-order valence-corrected chi connectivity index (χ4v) is 3.96. The van der Waals surface area contributed by atoms with Crippen molar-refractivity contribution in [2.24, 2.45) is 0 Å². The molecule has 0 radical (unpaired) electrons. The van der Waals surface area contributed by atoms with Crippen molar-refractivity contribution in [1.29, 1.82) is 0 Å². The zero-order valence-corrected chi connectivity index (χ0v) is 18.8. The molecule has 1 atom stereocenters. The molecule has 1 saturated heterocycles. The van der Waals surface area contributed by atoms with E-state index >= 15 is 0 Å². The van der Waals surface area contributed by atoms with Crippen LogP contribution in [0.15, 0.2) is 48.5 Å². The molecular formula is C24H25ClN2O5. The summed E-state index contributed by atoms with van der Waals surface area (Å²) in [6, 6.07) is 12.5. The number of nitrogens with zero attached hydrogens (tertiary/aromatic N) is 2. The van der Waals surface area contributed by atoms with Crippen molar-refractivity contribution in [3.8, 4) is 0 Å². The predicted molar refractivity (Wildman–Crippen MR) is 120 cm³/mol. The summed E-state index contributed by atoms with van der Waals surface area (Å²) in [5.41, 5.74) is 1.61. The molecule has 0 spiro atoms. The molecule has 0 saturated carbocycles. The Morgan fingerprint density at radius 1 is 1.16 bits per heavy atom. The van der Waals surface area contributed by atoms with Crippen LogP contribution >= 0.6 is 11.6 Å². The monoisotopic (exact) mass is 456 g/mol. The second-order valence-corrected chi connectivity index (χ2v) is 7.98. The largest absolute Gasteiger partial charge is 0.465 e. The first kappa shape index (κ1) is 23.5. The summed E-state index contributed by atoms with van der Waals surface area (Å²) in [5.74, 6) is -1.51. The first-order valence-corrected chi connectivity index (χ1v) is 10.8. The van der Waals surface area contributed by atoms with Crippen LogP contribution in [0.2, 0.25) is 5.02 Å². The van der Waals surface area contributed by atoms with Gasteiger partial charge in [-0.15, -0.1) is 0 Å². The third kappa shape index (κ3) is 5.16. The minimum absolute atomic E-state index is 0.0808. The zero-order chi connectivity index (χ0) is 23.3. The Morgan fingerprint density at radius 2 is 1.88 bits per heavy atom. The number of methoxy groups -OCH3 is 1. The topological polar surface area (TPSA) is 84.0 Å². The molecule has 32 heavy (non-hydrogen) atoms. The SMILES string of the molecule is CCCC(=O)N(CCc1cccc(Cl)c1)C1CC(=O)N(c2ccc(C(=O)OC)cc2)C1=O. The van der Waals surface area contributed by atoms with Gasteiger partial charge in [-0.1, -0.05) is 30.7 Å². The number of ether oxygens (including phenoxy) is 1. The van der Waals surface area contributed by atoms with E-state index in [-0.39, 0.29) is 18.2 Å². The molecule has 2 aromatic rings. The van der Waals surface area contributed by atoms with Crippen LogP contribution < -0.4 is 4.90 Å². The predicted octanol–water partition coefficient (Wildman–Crippen LogP) is 3.63. The van der Waals surface area contributed by atoms with Crippen LogP contribution in [0.5, 0.6) is 0 Å². The molecule has 1 unspecified atom stereocenters. The number of imide groups is 1. The van der Waals surface area contributed by atoms with E-state index in [4.69, 9.17) is 11.6 Å². The molecule has 2 aromatic carbocycles. The highest BCUT2D eigenvalue weighted by Crippen LogP contribution is 2.27. The fourth-order valence-electron chi connectivity index (χ4n) is 3.75. The van der Waals surface area contributed by atoms with Gasteiger partial charge in [0.15, 0.2) is 0 Å². The summed E-state index contributed by atoms with van der Waals surface area (Å²) in [7, 11) is 1.28. The quantitative estimate of drug-likeness (QED) is 0.447. The van der Waals surface area contributed by atoms with Crippen molar-refractivity contribution < 1.29 is 23.9 Å². The highest BCUT2D eigenvalue weighted by molar-refractivity contribution is 6.30. The van der Waals surface area contributed by atoms with Gasteiger partial charge in [0, 0.05) is 18.0 Å². The molecule has 0 aliphatic carbocycles. The van der Waals surface area contributed by atoms with E-state index in [9.17, 15) is 19.2 Å². The van der Waals surface area contributed by atoms with Crippen molar-refractivity contribution in [3.63, 3.8) is 0 Å². The van der Waals surface area contributed by atoms with Gasteiger partial charge in [0.05, 0.1) is 24.8 Å². The smallest absolute Gasteiger partial charge is 0.337 e. The maximum atomic E-state index is 13.2. The number of hydrogen-bond donors (Lipinski definition) is 0. The third-order valence-corrected chi connectivity index (χ3v) is 5.60. The summed E-state index contributed by atoms with van der Waals surface area (Å²) >= 11 is 6.05. The molecule has 7 nitrogen and oxygen atoms in total. The summed E-state index contributed by atoms with van der Waals surface area (Å²) in [5, 5.41) is 0.600. The number of anilines is 1. The molecule has 0 aromatic heterocycles. The molecule has 1 aliphatic rings. The van der Waals surface area contributed by atoms with E-state index < -0.39 is 17.9 Å². The van der Waals surface area contributed by atoms with E-state index in [1.54, 1.807) is 6.07 Å². The Hall–Kier alpha value is -3.19. The van der Waals surface area contributed by atoms with Gasteiger partial charge < -0.3 is 9.64 Å². The number of carbonyl (C=O) groups excluding carboxylic acids is 4. The maximum Gasteiger partial charge on any atom is 0.337 e. The lowest BCUT2D eigenvalue weighted by molar-refractivity contribution is -0.138. The van der Waals surface area contributed by atoms with Crippen molar-refractivity contribution in [3.05, 3.63) is 64.7 Å². The van der Waals surface area contributed by atoms with Gasteiger partial charge in [-0.2, -0.15) is 0 Å². The minimum Gasteiger partial charge on any atom is -0.465 e. The number of rotatable bonds is 8. The first-order valence-electron chi connectivity index (χ1n) is 10.4. The first-order chi connectivity index (χ1) is 15.3. The molecule has 1 fully saturated rings. The number of esters is 1. The van der Waals surface area contributed by atoms with Crippen LogP contribution in [-0.4, -0.2) is 48.3 Å². The van der Waals surface area contributed by atoms with Crippen molar-refractivity contribution in [1.82, 2.24) is 4.90 Å². The average molecular weight is 457 g/mol. The van der Waals surface area contributed by atoms with Crippen LogP contribution in [0.25, 0.3) is 0 Å². The molecular weight excluding hydrogens is 432 g/mol. The molecule has 1 heterocycles. The lowest BCUT2D eigenvalue weighted by Gasteiger charge is -2.28. The molecule has 1 aliphatic heterocycles. The van der Waals surface area contributed by atoms with E-state index in [1.165, 1.54) is 36.3 Å². The number of benzene rings is 2. The lowest BCUT2D eigenvalue weighted by Crippen LogP contribution is -2.46. The van der Waals surface area contributed by atoms with Crippen molar-refractivity contribution in [2.45, 2.75) is 38.6 Å². The summed E-state index contributed by atoms with van der Waals surface area (Å²) in [6.45, 7) is 2.20. The third-order valence-electron chi connectivity index (χ3n) is 5.36. The van der Waals surface area contributed by atoms with Crippen LogP contribution in [-0.2, 0) is 25.5 Å². The van der Waals surface area contributed by atoms with Gasteiger partial charge in [-0.3, -0.25) is 14.4 Å². The Bertz CT molecular complexity index is 1020. The van der Waals surface area contributed by atoms with Crippen LogP contribution in [0.4, 0.5) is 5.69 Å². The van der Waals surface area contributed by atoms with Crippen LogP contribution in [0, 0.1) is 0 Å². The second-order valence-electron chi connectivity index (χ2n) is 7.54. The Kier molecular flexibility index (Phi) is 7.64. The number of carbonyl (C=O) groups is 4.